The number of halogens is 2. The van der Waals surface area contributed by atoms with E-state index in [1.807, 2.05) is 12.1 Å². The highest BCUT2D eigenvalue weighted by atomic mass is 35.5. The zero-order valence-corrected chi connectivity index (χ0v) is 10.5. The molecule has 2 N–H and O–H groups in total. The van der Waals surface area contributed by atoms with Crippen LogP contribution in [0.3, 0.4) is 0 Å². The van der Waals surface area contributed by atoms with E-state index in [2.05, 4.69) is 5.32 Å². The standard InChI is InChI=1S/C12H15Cl2NO/c13-10-3-1-2-9(11(10)14)6-15-7-12(8-16)4-5-12/h1-3,15-16H,4-8H2. The van der Waals surface area contributed by atoms with E-state index in [-0.39, 0.29) is 12.0 Å². The molecule has 0 aliphatic heterocycles. The first-order valence-electron chi connectivity index (χ1n) is 5.41. The molecule has 1 aliphatic carbocycles. The highest BCUT2D eigenvalue weighted by Gasteiger charge is 2.41. The number of rotatable bonds is 5. The summed E-state index contributed by atoms with van der Waals surface area (Å²) in [6, 6.07) is 5.63. The summed E-state index contributed by atoms with van der Waals surface area (Å²) < 4.78 is 0. The van der Waals surface area contributed by atoms with Crippen LogP contribution in [0.4, 0.5) is 0 Å². The van der Waals surface area contributed by atoms with Gasteiger partial charge in [0.25, 0.3) is 0 Å². The Morgan fingerprint density at radius 2 is 2.06 bits per heavy atom. The van der Waals surface area contributed by atoms with Gasteiger partial charge in [-0.15, -0.1) is 0 Å². The first kappa shape index (κ1) is 12.2. The lowest BCUT2D eigenvalue weighted by Crippen LogP contribution is -2.26. The van der Waals surface area contributed by atoms with Crippen LogP contribution in [-0.2, 0) is 6.54 Å². The van der Waals surface area contributed by atoms with Gasteiger partial charge >= 0.3 is 0 Å². The van der Waals surface area contributed by atoms with E-state index >= 15 is 0 Å². The van der Waals surface area contributed by atoms with Crippen molar-refractivity contribution in [1.82, 2.24) is 5.32 Å². The van der Waals surface area contributed by atoms with E-state index in [0.29, 0.717) is 16.6 Å². The van der Waals surface area contributed by atoms with Crippen LogP contribution in [0.1, 0.15) is 18.4 Å². The Morgan fingerprint density at radius 1 is 1.31 bits per heavy atom. The van der Waals surface area contributed by atoms with Crippen molar-refractivity contribution in [3.63, 3.8) is 0 Å². The lowest BCUT2D eigenvalue weighted by Gasteiger charge is -2.13. The van der Waals surface area contributed by atoms with Crippen LogP contribution in [0.25, 0.3) is 0 Å². The van der Waals surface area contributed by atoms with E-state index in [9.17, 15) is 0 Å². The predicted octanol–water partition coefficient (Wildman–Crippen LogP) is 2.86. The van der Waals surface area contributed by atoms with Gasteiger partial charge in [0.15, 0.2) is 0 Å². The SMILES string of the molecule is OCC1(CNCc2cccc(Cl)c2Cl)CC1. The Hall–Kier alpha value is -0.280. The van der Waals surface area contributed by atoms with E-state index in [1.165, 1.54) is 0 Å². The number of benzene rings is 1. The molecule has 1 aromatic carbocycles. The molecule has 1 saturated carbocycles. The molecule has 0 unspecified atom stereocenters. The van der Waals surface area contributed by atoms with Crippen LogP contribution >= 0.6 is 23.2 Å². The Balaban J connectivity index is 1.88. The molecule has 0 bridgehead atoms. The van der Waals surface area contributed by atoms with Crippen molar-refractivity contribution in [2.24, 2.45) is 5.41 Å². The second-order valence-electron chi connectivity index (χ2n) is 4.47. The Kier molecular flexibility index (Phi) is 3.75. The molecule has 0 heterocycles. The van der Waals surface area contributed by atoms with Crippen LogP contribution in [-0.4, -0.2) is 18.3 Å². The first-order chi connectivity index (χ1) is 7.67. The summed E-state index contributed by atoms with van der Waals surface area (Å²) in [7, 11) is 0. The van der Waals surface area contributed by atoms with E-state index in [0.717, 1.165) is 24.9 Å². The Labute approximate surface area is 106 Å². The molecule has 0 amide bonds. The van der Waals surface area contributed by atoms with E-state index < -0.39 is 0 Å². The number of hydrogen-bond donors (Lipinski definition) is 2. The van der Waals surface area contributed by atoms with Crippen LogP contribution in [0.15, 0.2) is 18.2 Å². The van der Waals surface area contributed by atoms with E-state index in [1.54, 1.807) is 6.07 Å². The molecule has 1 fully saturated rings. The van der Waals surface area contributed by atoms with Gasteiger partial charge in [-0.3, -0.25) is 0 Å². The minimum absolute atomic E-state index is 0.130. The second-order valence-corrected chi connectivity index (χ2v) is 5.26. The predicted molar refractivity (Wildman–Crippen MR) is 66.9 cm³/mol. The molecule has 4 heteroatoms. The molecule has 0 aromatic heterocycles. The molecular formula is C12H15Cl2NO. The van der Waals surface area contributed by atoms with Gasteiger partial charge in [0.05, 0.1) is 10.0 Å². The van der Waals surface area contributed by atoms with Gasteiger partial charge < -0.3 is 10.4 Å². The van der Waals surface area contributed by atoms with Gasteiger partial charge in [0.1, 0.15) is 0 Å². The summed E-state index contributed by atoms with van der Waals surface area (Å²) in [5.74, 6) is 0. The Morgan fingerprint density at radius 3 is 2.69 bits per heavy atom. The third-order valence-corrected chi connectivity index (χ3v) is 4.00. The second kappa shape index (κ2) is 4.92. The van der Waals surface area contributed by atoms with Gasteiger partial charge in [0, 0.05) is 25.1 Å². The molecule has 2 rings (SSSR count). The number of nitrogens with one attached hydrogen (secondary N) is 1. The summed E-state index contributed by atoms with van der Waals surface area (Å²) in [5.41, 5.74) is 1.13. The van der Waals surface area contributed by atoms with Crippen LogP contribution in [0.2, 0.25) is 10.0 Å². The maximum absolute atomic E-state index is 9.17. The smallest absolute Gasteiger partial charge is 0.0637 e. The molecular weight excluding hydrogens is 245 g/mol. The first-order valence-corrected chi connectivity index (χ1v) is 6.17. The molecule has 2 nitrogen and oxygen atoms in total. The topological polar surface area (TPSA) is 32.3 Å². The molecule has 0 saturated heterocycles. The lowest BCUT2D eigenvalue weighted by atomic mass is 10.1. The van der Waals surface area contributed by atoms with Crippen LogP contribution in [0, 0.1) is 5.41 Å². The average Bonchev–Trinajstić information content (AvgIpc) is 3.05. The van der Waals surface area contributed by atoms with Gasteiger partial charge in [-0.2, -0.15) is 0 Å². The number of aliphatic hydroxyl groups is 1. The maximum atomic E-state index is 9.17. The van der Waals surface area contributed by atoms with Gasteiger partial charge in [-0.25, -0.2) is 0 Å². The van der Waals surface area contributed by atoms with Crippen molar-refractivity contribution in [1.29, 1.82) is 0 Å². The molecule has 0 spiro atoms. The van der Waals surface area contributed by atoms with Gasteiger partial charge in [-0.05, 0) is 24.5 Å². The fraction of sp³-hybridized carbons (Fsp3) is 0.500. The molecule has 1 aliphatic rings. The van der Waals surface area contributed by atoms with Crippen molar-refractivity contribution in [2.75, 3.05) is 13.2 Å². The fourth-order valence-corrected chi connectivity index (χ4v) is 2.10. The fourth-order valence-electron chi connectivity index (χ4n) is 1.71. The molecule has 0 radical (unpaired) electrons. The van der Waals surface area contributed by atoms with Gasteiger partial charge in [-0.1, -0.05) is 35.3 Å². The normalized spacial score (nSPS) is 17.4. The van der Waals surface area contributed by atoms with Crippen LogP contribution < -0.4 is 5.32 Å². The largest absolute Gasteiger partial charge is 0.396 e. The minimum Gasteiger partial charge on any atom is -0.396 e. The highest BCUT2D eigenvalue weighted by Crippen LogP contribution is 2.44. The minimum atomic E-state index is 0.130. The summed E-state index contributed by atoms with van der Waals surface area (Å²) in [6.07, 6.45) is 2.22. The number of aliphatic hydroxyl groups excluding tert-OH is 1. The van der Waals surface area contributed by atoms with Gasteiger partial charge in [0.2, 0.25) is 0 Å². The number of hydrogen-bond acceptors (Lipinski definition) is 2. The molecule has 16 heavy (non-hydrogen) atoms. The van der Waals surface area contributed by atoms with Crippen molar-refractivity contribution in [3.8, 4) is 0 Å². The van der Waals surface area contributed by atoms with E-state index in [4.69, 9.17) is 28.3 Å². The lowest BCUT2D eigenvalue weighted by molar-refractivity contribution is 0.207. The summed E-state index contributed by atoms with van der Waals surface area (Å²) in [4.78, 5) is 0. The monoisotopic (exact) mass is 259 g/mol. The molecule has 88 valence electrons. The third-order valence-electron chi connectivity index (χ3n) is 3.14. The summed E-state index contributed by atoms with van der Waals surface area (Å²) in [5, 5.41) is 13.7. The quantitative estimate of drug-likeness (QED) is 0.853. The Bertz CT molecular complexity index is 377. The summed E-state index contributed by atoms with van der Waals surface area (Å²) in [6.45, 7) is 1.80. The van der Waals surface area contributed by atoms with Crippen LogP contribution in [0.5, 0.6) is 0 Å². The van der Waals surface area contributed by atoms with Crippen molar-refractivity contribution in [3.05, 3.63) is 33.8 Å². The van der Waals surface area contributed by atoms with Crippen molar-refractivity contribution in [2.45, 2.75) is 19.4 Å². The highest BCUT2D eigenvalue weighted by molar-refractivity contribution is 6.42. The molecule has 1 aromatic rings. The average molecular weight is 260 g/mol. The van der Waals surface area contributed by atoms with Crippen molar-refractivity contribution < 1.29 is 5.11 Å². The third kappa shape index (κ3) is 2.69. The zero-order chi connectivity index (χ0) is 11.6. The summed E-state index contributed by atoms with van der Waals surface area (Å²) >= 11 is 12.0. The zero-order valence-electron chi connectivity index (χ0n) is 8.97. The van der Waals surface area contributed by atoms with Crippen molar-refractivity contribution >= 4 is 23.2 Å². The molecule has 0 atom stereocenters. The maximum Gasteiger partial charge on any atom is 0.0637 e.